The molecule has 1 aromatic carbocycles. The van der Waals surface area contributed by atoms with Crippen molar-refractivity contribution in [2.24, 2.45) is 7.05 Å². The summed E-state index contributed by atoms with van der Waals surface area (Å²) >= 11 is 1.98. The molecule has 1 aromatic heterocycles. The molecule has 8 heteroatoms. The second-order valence-electron chi connectivity index (χ2n) is 3.73. The van der Waals surface area contributed by atoms with Gasteiger partial charge in [-0.3, -0.25) is 19.6 Å². The van der Waals surface area contributed by atoms with Gasteiger partial charge in [-0.1, -0.05) is 12.1 Å². The lowest BCUT2D eigenvalue weighted by molar-refractivity contribution is -0.383. The molecule has 0 saturated carbocycles. The average Bonchev–Trinajstić information content (AvgIpc) is 2.69. The van der Waals surface area contributed by atoms with Crippen molar-refractivity contribution in [2.75, 3.05) is 5.32 Å². The van der Waals surface area contributed by atoms with Crippen LogP contribution in [0, 0.1) is 13.7 Å². The molecule has 98 valence electrons. The fraction of sp³-hybridized carbons (Fsp3) is 0.0909. The number of hydrogen-bond acceptors (Lipinski definition) is 4. The number of nitro groups is 1. The molecule has 0 aliphatic heterocycles. The second kappa shape index (κ2) is 5.34. The van der Waals surface area contributed by atoms with Crippen LogP contribution in [-0.4, -0.2) is 20.6 Å². The topological polar surface area (TPSA) is 90.1 Å². The average molecular weight is 372 g/mol. The van der Waals surface area contributed by atoms with Crippen LogP contribution in [-0.2, 0) is 7.05 Å². The summed E-state index contributed by atoms with van der Waals surface area (Å²) in [5, 5.41) is 17.4. The number of nitrogens with one attached hydrogen (secondary N) is 1. The van der Waals surface area contributed by atoms with E-state index in [1.165, 1.54) is 22.9 Å². The van der Waals surface area contributed by atoms with Crippen LogP contribution in [0.2, 0.25) is 0 Å². The van der Waals surface area contributed by atoms with Crippen LogP contribution < -0.4 is 5.32 Å². The molecule has 19 heavy (non-hydrogen) atoms. The third kappa shape index (κ3) is 2.89. The number of aromatic nitrogens is 2. The summed E-state index contributed by atoms with van der Waals surface area (Å²) < 4.78 is 2.19. The lowest BCUT2D eigenvalue weighted by Crippen LogP contribution is -2.15. The molecular formula is C11H9IN4O3. The summed E-state index contributed by atoms with van der Waals surface area (Å²) in [7, 11) is 1.70. The lowest BCUT2D eigenvalue weighted by atomic mass is 10.2. The van der Waals surface area contributed by atoms with Crippen molar-refractivity contribution in [3.05, 3.63) is 49.8 Å². The zero-order valence-electron chi connectivity index (χ0n) is 9.83. The normalized spacial score (nSPS) is 10.2. The van der Waals surface area contributed by atoms with E-state index in [9.17, 15) is 14.9 Å². The van der Waals surface area contributed by atoms with Gasteiger partial charge in [0.1, 0.15) is 5.69 Å². The van der Waals surface area contributed by atoms with Crippen LogP contribution >= 0.6 is 22.6 Å². The van der Waals surface area contributed by atoms with E-state index in [4.69, 9.17) is 0 Å². The van der Waals surface area contributed by atoms with Crippen LogP contribution in [0.3, 0.4) is 0 Å². The fourth-order valence-corrected chi connectivity index (χ4v) is 2.29. The quantitative estimate of drug-likeness (QED) is 0.508. The molecular weight excluding hydrogens is 363 g/mol. The Bertz CT molecular complexity index is 653. The van der Waals surface area contributed by atoms with Gasteiger partial charge in [-0.05, 0) is 28.7 Å². The molecule has 2 aromatic rings. The SMILES string of the molecule is Cn1cc(I)c(C(=O)Nc2ccccc2[N+](=O)[O-])n1. The van der Waals surface area contributed by atoms with Gasteiger partial charge >= 0.3 is 0 Å². The number of carbonyl (C=O) groups excluding carboxylic acids is 1. The number of anilines is 1. The first kappa shape index (κ1) is 13.5. The van der Waals surface area contributed by atoms with E-state index in [2.05, 4.69) is 10.4 Å². The molecule has 0 saturated heterocycles. The van der Waals surface area contributed by atoms with E-state index < -0.39 is 10.8 Å². The summed E-state index contributed by atoms with van der Waals surface area (Å²) in [5.74, 6) is -0.473. The Morgan fingerprint density at radius 2 is 2.16 bits per heavy atom. The zero-order valence-corrected chi connectivity index (χ0v) is 12.0. The minimum absolute atomic E-state index is 0.151. The summed E-state index contributed by atoms with van der Waals surface area (Å²) in [6, 6.07) is 5.97. The number of hydrogen-bond donors (Lipinski definition) is 1. The maximum atomic E-state index is 12.0. The predicted molar refractivity (Wildman–Crippen MR) is 77.0 cm³/mol. The largest absolute Gasteiger partial charge is 0.315 e. The molecule has 1 amide bonds. The predicted octanol–water partition coefficient (Wildman–Crippen LogP) is 2.19. The van der Waals surface area contributed by atoms with Crippen molar-refractivity contribution >= 4 is 39.9 Å². The Kier molecular flexibility index (Phi) is 3.79. The number of nitro benzene ring substituents is 1. The van der Waals surface area contributed by atoms with E-state index in [0.717, 1.165) is 0 Å². The third-order valence-corrected chi connectivity index (χ3v) is 3.14. The van der Waals surface area contributed by atoms with E-state index in [1.54, 1.807) is 19.3 Å². The van der Waals surface area contributed by atoms with Gasteiger partial charge in [0.05, 0.1) is 8.49 Å². The van der Waals surface area contributed by atoms with E-state index in [1.807, 2.05) is 22.6 Å². The number of aryl methyl sites for hydroxylation is 1. The fourth-order valence-electron chi connectivity index (χ4n) is 1.53. The highest BCUT2D eigenvalue weighted by Gasteiger charge is 2.19. The van der Waals surface area contributed by atoms with Crippen molar-refractivity contribution in [1.82, 2.24) is 9.78 Å². The molecule has 0 bridgehead atoms. The van der Waals surface area contributed by atoms with Crippen molar-refractivity contribution in [1.29, 1.82) is 0 Å². The molecule has 0 aliphatic rings. The van der Waals surface area contributed by atoms with Gasteiger partial charge in [-0.25, -0.2) is 0 Å². The van der Waals surface area contributed by atoms with Crippen molar-refractivity contribution < 1.29 is 9.72 Å². The monoisotopic (exact) mass is 372 g/mol. The van der Waals surface area contributed by atoms with Crippen LogP contribution in [0.5, 0.6) is 0 Å². The smallest absolute Gasteiger partial charge is 0.292 e. The van der Waals surface area contributed by atoms with Crippen LogP contribution in [0.25, 0.3) is 0 Å². The minimum atomic E-state index is -0.543. The van der Waals surface area contributed by atoms with E-state index >= 15 is 0 Å². The molecule has 0 unspecified atom stereocenters. The van der Waals surface area contributed by atoms with E-state index in [-0.39, 0.29) is 17.1 Å². The Hall–Kier alpha value is -1.97. The Labute approximate surface area is 121 Å². The summed E-state index contributed by atoms with van der Waals surface area (Å²) in [6.07, 6.45) is 1.69. The highest BCUT2D eigenvalue weighted by atomic mass is 127. The first-order valence-corrected chi connectivity index (χ1v) is 6.31. The Balaban J connectivity index is 2.29. The standard InChI is InChI=1S/C11H9IN4O3/c1-15-6-7(12)10(14-15)11(17)13-8-4-2-3-5-9(8)16(18)19/h2-6H,1H3,(H,13,17). The van der Waals surface area contributed by atoms with Crippen LogP contribution in [0.4, 0.5) is 11.4 Å². The van der Waals surface area contributed by atoms with Gasteiger partial charge in [0.15, 0.2) is 5.69 Å². The second-order valence-corrected chi connectivity index (χ2v) is 4.89. The van der Waals surface area contributed by atoms with Gasteiger partial charge in [-0.15, -0.1) is 0 Å². The summed E-state index contributed by atoms with van der Waals surface area (Å²) in [4.78, 5) is 22.3. The lowest BCUT2D eigenvalue weighted by Gasteiger charge is -2.04. The van der Waals surface area contributed by atoms with E-state index in [0.29, 0.717) is 3.57 Å². The highest BCUT2D eigenvalue weighted by Crippen LogP contribution is 2.24. The number of benzene rings is 1. The number of rotatable bonds is 3. The number of carbonyl (C=O) groups is 1. The molecule has 0 spiro atoms. The summed E-state index contributed by atoms with van der Waals surface area (Å²) in [6.45, 7) is 0. The van der Waals surface area contributed by atoms with Gasteiger partial charge < -0.3 is 5.32 Å². The highest BCUT2D eigenvalue weighted by molar-refractivity contribution is 14.1. The van der Waals surface area contributed by atoms with Crippen LogP contribution in [0.15, 0.2) is 30.5 Å². The number of halogens is 1. The van der Waals surface area contributed by atoms with Gasteiger partial charge in [0, 0.05) is 19.3 Å². The Morgan fingerprint density at radius 1 is 1.47 bits per heavy atom. The molecule has 0 fully saturated rings. The van der Waals surface area contributed by atoms with Crippen molar-refractivity contribution in [3.8, 4) is 0 Å². The molecule has 0 aliphatic carbocycles. The molecule has 2 rings (SSSR count). The molecule has 0 atom stereocenters. The van der Waals surface area contributed by atoms with Gasteiger partial charge in [0.2, 0.25) is 0 Å². The summed E-state index contributed by atoms with van der Waals surface area (Å²) in [5.41, 5.74) is 0.238. The Morgan fingerprint density at radius 3 is 2.74 bits per heavy atom. The zero-order chi connectivity index (χ0) is 14.0. The molecule has 0 radical (unpaired) electrons. The first-order chi connectivity index (χ1) is 8.99. The number of amides is 1. The maximum Gasteiger partial charge on any atom is 0.292 e. The number of para-hydroxylation sites is 2. The molecule has 1 N–H and O–H groups in total. The first-order valence-electron chi connectivity index (χ1n) is 5.23. The third-order valence-electron chi connectivity index (χ3n) is 2.35. The van der Waals surface area contributed by atoms with Crippen LogP contribution in [0.1, 0.15) is 10.5 Å². The maximum absolute atomic E-state index is 12.0. The van der Waals surface area contributed by atoms with Crippen molar-refractivity contribution in [2.45, 2.75) is 0 Å². The van der Waals surface area contributed by atoms with Crippen molar-refractivity contribution in [3.63, 3.8) is 0 Å². The number of nitrogens with zero attached hydrogens (tertiary/aromatic N) is 3. The molecule has 7 nitrogen and oxygen atoms in total. The van der Waals surface area contributed by atoms with Gasteiger partial charge in [0.25, 0.3) is 11.6 Å². The molecule has 1 heterocycles. The minimum Gasteiger partial charge on any atom is -0.315 e. The van der Waals surface area contributed by atoms with Gasteiger partial charge in [-0.2, -0.15) is 5.10 Å².